The molecular weight excluding hydrogens is 331 g/mol. The number of carbonyl (C=O) groups is 1. The highest BCUT2D eigenvalue weighted by molar-refractivity contribution is 6.06. The van der Waals surface area contributed by atoms with E-state index in [2.05, 4.69) is 17.2 Å². The van der Waals surface area contributed by atoms with Crippen LogP contribution >= 0.6 is 0 Å². The van der Waals surface area contributed by atoms with Gasteiger partial charge in [-0.2, -0.15) is 13.2 Å². The van der Waals surface area contributed by atoms with Gasteiger partial charge >= 0.3 is 6.18 Å². The number of carbonyl (C=O) groups excluding carboxylic acids is 1. The Labute approximate surface area is 142 Å². The van der Waals surface area contributed by atoms with Crippen LogP contribution in [-0.4, -0.2) is 18.2 Å². The minimum atomic E-state index is -4.39. The Hall–Kier alpha value is -3.09. The summed E-state index contributed by atoms with van der Waals surface area (Å²) in [5.41, 5.74) is 0.978. The number of anilines is 2. The van der Waals surface area contributed by atoms with Gasteiger partial charge in [-0.05, 0) is 36.4 Å². The molecule has 2 rings (SSSR count). The largest absolute Gasteiger partial charge is 0.416 e. The van der Waals surface area contributed by atoms with E-state index < -0.39 is 17.6 Å². The molecule has 0 heterocycles. The molecule has 0 spiro atoms. The van der Waals surface area contributed by atoms with E-state index in [-0.39, 0.29) is 12.3 Å². The smallest absolute Gasteiger partial charge is 0.355 e. The van der Waals surface area contributed by atoms with Gasteiger partial charge in [0.25, 0.3) is 0 Å². The second kappa shape index (κ2) is 7.65. The van der Waals surface area contributed by atoms with Gasteiger partial charge in [-0.3, -0.25) is 4.79 Å². The first-order valence-electron chi connectivity index (χ1n) is 7.32. The summed E-state index contributed by atoms with van der Waals surface area (Å²) < 4.78 is 37.8. The van der Waals surface area contributed by atoms with Crippen molar-refractivity contribution < 1.29 is 18.0 Å². The molecule has 2 aromatic rings. The second-order valence-electron chi connectivity index (χ2n) is 5.15. The standard InChI is InChI=1S/C18H16F3N3O/c1-2-17(25)23-11-15(22)14-5-3-4-6-16(14)24-13-9-7-12(8-10-13)18(19,20)21/h2-10,22,24H,1,11H2,(H,23,25). The van der Waals surface area contributed by atoms with Crippen LogP contribution in [0.4, 0.5) is 24.5 Å². The number of benzene rings is 2. The number of rotatable bonds is 6. The highest BCUT2D eigenvalue weighted by Gasteiger charge is 2.29. The molecule has 0 aromatic heterocycles. The van der Waals surface area contributed by atoms with Crippen molar-refractivity contribution in [3.8, 4) is 0 Å². The van der Waals surface area contributed by atoms with Crippen LogP contribution in [0.5, 0.6) is 0 Å². The van der Waals surface area contributed by atoms with E-state index in [0.717, 1.165) is 18.2 Å². The van der Waals surface area contributed by atoms with Crippen LogP contribution in [0.25, 0.3) is 0 Å². The molecule has 7 heteroatoms. The lowest BCUT2D eigenvalue weighted by Crippen LogP contribution is -2.28. The highest BCUT2D eigenvalue weighted by atomic mass is 19.4. The third-order valence-electron chi connectivity index (χ3n) is 3.37. The van der Waals surface area contributed by atoms with Crippen LogP contribution in [0.15, 0.2) is 61.2 Å². The van der Waals surface area contributed by atoms with Crippen molar-refractivity contribution in [1.29, 1.82) is 5.41 Å². The van der Waals surface area contributed by atoms with Crippen LogP contribution in [0, 0.1) is 5.41 Å². The number of alkyl halides is 3. The number of hydrogen-bond acceptors (Lipinski definition) is 3. The molecule has 0 radical (unpaired) electrons. The zero-order valence-electron chi connectivity index (χ0n) is 13.2. The third-order valence-corrected chi connectivity index (χ3v) is 3.37. The first kappa shape index (κ1) is 18.3. The van der Waals surface area contributed by atoms with Crippen molar-refractivity contribution in [2.45, 2.75) is 6.18 Å². The first-order chi connectivity index (χ1) is 11.8. The zero-order chi connectivity index (χ0) is 18.4. The van der Waals surface area contributed by atoms with Crippen molar-refractivity contribution in [1.82, 2.24) is 5.32 Å². The topological polar surface area (TPSA) is 65.0 Å². The maximum atomic E-state index is 12.6. The van der Waals surface area contributed by atoms with Crippen LogP contribution in [0.2, 0.25) is 0 Å². The van der Waals surface area contributed by atoms with Gasteiger partial charge in [-0.25, -0.2) is 0 Å². The lowest BCUT2D eigenvalue weighted by atomic mass is 10.1. The molecule has 0 atom stereocenters. The second-order valence-corrected chi connectivity index (χ2v) is 5.15. The number of nitrogens with one attached hydrogen (secondary N) is 3. The zero-order valence-corrected chi connectivity index (χ0v) is 13.2. The lowest BCUT2D eigenvalue weighted by molar-refractivity contribution is -0.137. The summed E-state index contributed by atoms with van der Waals surface area (Å²) in [6.45, 7) is 3.34. The van der Waals surface area contributed by atoms with Gasteiger partial charge < -0.3 is 16.0 Å². The van der Waals surface area contributed by atoms with Gasteiger partial charge in [-0.1, -0.05) is 24.8 Å². The fourth-order valence-corrected chi connectivity index (χ4v) is 2.10. The third kappa shape index (κ3) is 4.94. The minimum absolute atomic E-state index is 0.0105. The van der Waals surface area contributed by atoms with E-state index in [1.54, 1.807) is 24.3 Å². The predicted molar refractivity (Wildman–Crippen MR) is 91.2 cm³/mol. The summed E-state index contributed by atoms with van der Waals surface area (Å²) in [5.74, 6) is -0.391. The molecule has 2 aromatic carbocycles. The molecule has 0 fully saturated rings. The SMILES string of the molecule is C=CC(=O)NCC(=N)c1ccccc1Nc1ccc(C(F)(F)F)cc1. The Bertz CT molecular complexity index is 783. The predicted octanol–water partition coefficient (Wildman–Crippen LogP) is 4.12. The van der Waals surface area contributed by atoms with Crippen LogP contribution in [0.1, 0.15) is 11.1 Å². The monoisotopic (exact) mass is 347 g/mol. The average Bonchev–Trinajstić information content (AvgIpc) is 2.59. The molecular formula is C18H16F3N3O. The molecule has 1 amide bonds. The van der Waals surface area contributed by atoms with Gasteiger partial charge in [0, 0.05) is 16.9 Å². The Morgan fingerprint density at radius 2 is 1.76 bits per heavy atom. The Kier molecular flexibility index (Phi) is 5.59. The normalized spacial score (nSPS) is 10.8. The van der Waals surface area contributed by atoms with Gasteiger partial charge in [0.05, 0.1) is 17.8 Å². The maximum absolute atomic E-state index is 12.6. The number of halogens is 3. The summed E-state index contributed by atoms with van der Waals surface area (Å²) in [6, 6.07) is 11.5. The van der Waals surface area contributed by atoms with Crippen molar-refractivity contribution >= 4 is 23.0 Å². The Balaban J connectivity index is 2.16. The highest BCUT2D eigenvalue weighted by Crippen LogP contribution is 2.30. The summed E-state index contributed by atoms with van der Waals surface area (Å²) >= 11 is 0. The molecule has 0 aliphatic carbocycles. The molecule has 25 heavy (non-hydrogen) atoms. The van der Waals surface area contributed by atoms with Crippen LogP contribution in [0.3, 0.4) is 0 Å². The fourth-order valence-electron chi connectivity index (χ4n) is 2.10. The molecule has 0 saturated carbocycles. The summed E-state index contributed by atoms with van der Waals surface area (Å²) in [6.07, 6.45) is -3.28. The summed E-state index contributed by atoms with van der Waals surface area (Å²) in [5, 5.41) is 13.6. The van der Waals surface area contributed by atoms with E-state index in [4.69, 9.17) is 5.41 Å². The quantitative estimate of drug-likeness (QED) is 0.544. The molecule has 130 valence electrons. The molecule has 0 saturated heterocycles. The molecule has 4 nitrogen and oxygen atoms in total. The average molecular weight is 347 g/mol. The Morgan fingerprint density at radius 1 is 1.12 bits per heavy atom. The van der Waals surface area contributed by atoms with E-state index in [1.165, 1.54) is 12.1 Å². The lowest BCUT2D eigenvalue weighted by Gasteiger charge is -2.14. The summed E-state index contributed by atoms with van der Waals surface area (Å²) in [4.78, 5) is 11.2. The van der Waals surface area contributed by atoms with Gasteiger partial charge in [-0.15, -0.1) is 0 Å². The van der Waals surface area contributed by atoms with E-state index in [1.807, 2.05) is 0 Å². The van der Waals surface area contributed by atoms with Crippen molar-refractivity contribution in [3.05, 3.63) is 72.3 Å². The van der Waals surface area contributed by atoms with Crippen molar-refractivity contribution in [2.24, 2.45) is 0 Å². The van der Waals surface area contributed by atoms with Gasteiger partial charge in [0.1, 0.15) is 0 Å². The number of hydrogen-bond donors (Lipinski definition) is 3. The first-order valence-corrected chi connectivity index (χ1v) is 7.32. The number of para-hydroxylation sites is 1. The van der Waals surface area contributed by atoms with Crippen LogP contribution in [-0.2, 0) is 11.0 Å². The van der Waals surface area contributed by atoms with Crippen LogP contribution < -0.4 is 10.6 Å². The van der Waals surface area contributed by atoms with Crippen molar-refractivity contribution in [2.75, 3.05) is 11.9 Å². The van der Waals surface area contributed by atoms with E-state index in [0.29, 0.717) is 16.9 Å². The maximum Gasteiger partial charge on any atom is 0.416 e. The van der Waals surface area contributed by atoms with E-state index >= 15 is 0 Å². The van der Waals surface area contributed by atoms with Gasteiger partial charge in [0.2, 0.25) is 5.91 Å². The minimum Gasteiger partial charge on any atom is -0.355 e. The molecule has 0 unspecified atom stereocenters. The van der Waals surface area contributed by atoms with E-state index in [9.17, 15) is 18.0 Å². The van der Waals surface area contributed by atoms with Gasteiger partial charge in [0.15, 0.2) is 0 Å². The van der Waals surface area contributed by atoms with Crippen molar-refractivity contribution in [3.63, 3.8) is 0 Å². The molecule has 0 aliphatic rings. The summed E-state index contributed by atoms with van der Waals surface area (Å²) in [7, 11) is 0. The fraction of sp³-hybridized carbons (Fsp3) is 0.111. The molecule has 0 aliphatic heterocycles. The molecule has 3 N–H and O–H groups in total. The Morgan fingerprint density at radius 3 is 2.36 bits per heavy atom. The number of amides is 1. The molecule has 0 bridgehead atoms.